The third-order valence-electron chi connectivity index (χ3n) is 11.4. The van der Waals surface area contributed by atoms with Gasteiger partial charge in [-0.15, -0.1) is 0 Å². The molecule has 290 valence electrons. The number of hydrogen-bond acceptors (Lipinski definition) is 7. The van der Waals surface area contributed by atoms with Crippen LogP contribution in [0.3, 0.4) is 0 Å². The molecule has 7 aromatic carbocycles. The molecule has 0 amide bonds. The summed E-state index contributed by atoms with van der Waals surface area (Å²) in [7, 11) is 0. The fraction of sp³-hybridized carbons (Fsp3) is 0. The van der Waals surface area contributed by atoms with Crippen molar-refractivity contribution in [2.24, 2.45) is 0 Å². The summed E-state index contributed by atoms with van der Waals surface area (Å²) in [6, 6.07) is 60.6. The first-order chi connectivity index (χ1) is 30.7. The lowest BCUT2D eigenvalue weighted by molar-refractivity contribution is 0.953. The summed E-state index contributed by atoms with van der Waals surface area (Å²) in [5, 5.41) is 4.34. The Morgan fingerprint density at radius 1 is 0.274 bits per heavy atom. The van der Waals surface area contributed by atoms with E-state index >= 15 is 0 Å². The zero-order valence-corrected chi connectivity index (χ0v) is 33.1. The fourth-order valence-electron chi connectivity index (χ4n) is 8.55. The molecule has 0 saturated carbocycles. The van der Waals surface area contributed by atoms with E-state index in [-0.39, 0.29) is 0 Å². The molecule has 0 N–H and O–H groups in total. The van der Waals surface area contributed by atoms with Crippen LogP contribution in [0.15, 0.2) is 201 Å². The molecule has 0 aliphatic carbocycles. The molecule has 0 spiro atoms. The first-order valence-electron chi connectivity index (χ1n) is 20.4. The van der Waals surface area contributed by atoms with Crippen molar-refractivity contribution >= 4 is 43.6 Å². The minimum Gasteiger partial charge on any atom is -0.309 e. The van der Waals surface area contributed by atoms with Gasteiger partial charge in [0, 0.05) is 74.3 Å². The summed E-state index contributed by atoms with van der Waals surface area (Å²) in [4.78, 5) is 33.6. The summed E-state index contributed by atoms with van der Waals surface area (Å²) in [6.45, 7) is 0. The van der Waals surface area contributed by atoms with E-state index in [1.54, 1.807) is 24.8 Å². The predicted molar refractivity (Wildman–Crippen MR) is 247 cm³/mol. The molecule has 0 bridgehead atoms. The molecule has 12 rings (SSSR count). The zero-order chi connectivity index (χ0) is 41.0. The zero-order valence-electron chi connectivity index (χ0n) is 33.1. The molecule has 0 aliphatic rings. The van der Waals surface area contributed by atoms with Crippen molar-refractivity contribution in [1.29, 1.82) is 0 Å². The average molecular weight is 796 g/mol. The summed E-state index contributed by atoms with van der Waals surface area (Å²) < 4.78 is 4.48. The van der Waals surface area contributed by atoms with E-state index in [2.05, 4.69) is 132 Å². The molecule has 0 unspecified atom stereocenters. The molecule has 0 radical (unpaired) electrons. The van der Waals surface area contributed by atoms with E-state index in [1.807, 2.05) is 72.8 Å². The van der Waals surface area contributed by atoms with Crippen LogP contribution >= 0.6 is 0 Å². The summed E-state index contributed by atoms with van der Waals surface area (Å²) in [5.74, 6) is 3.08. The van der Waals surface area contributed by atoms with Gasteiger partial charge < -0.3 is 4.57 Å². The molecule has 9 nitrogen and oxygen atoms in total. The monoisotopic (exact) mass is 795 g/mol. The van der Waals surface area contributed by atoms with Gasteiger partial charge in [0.1, 0.15) is 0 Å². The van der Waals surface area contributed by atoms with Crippen LogP contribution in [0.2, 0.25) is 0 Å². The summed E-state index contributed by atoms with van der Waals surface area (Å²) in [6.07, 6.45) is 7.11. The molecule has 62 heavy (non-hydrogen) atoms. The van der Waals surface area contributed by atoms with Gasteiger partial charge in [-0.05, 0) is 96.1 Å². The Labute approximate surface area is 355 Å². The predicted octanol–water partition coefficient (Wildman–Crippen LogP) is 12.0. The second-order valence-corrected chi connectivity index (χ2v) is 15.1. The van der Waals surface area contributed by atoms with Crippen LogP contribution < -0.4 is 0 Å². The van der Waals surface area contributed by atoms with E-state index in [0.29, 0.717) is 29.2 Å². The van der Waals surface area contributed by atoms with Crippen molar-refractivity contribution in [3.63, 3.8) is 0 Å². The van der Waals surface area contributed by atoms with Crippen LogP contribution in [0.5, 0.6) is 0 Å². The number of fused-ring (bicyclic) bond motifs is 6. The standard InChI is InChI=1S/C53H33N9/c1-4-12-34(13-5-1)51-58-52(35-14-6-2-7-15-35)60-53(59-51)62-47-23-19-37(31-42(47)44-33-39(21-25-48(44)62)50-56-28-11-29-57-50)36-18-22-45-41(30-36)43-32-38(49-54-26-10-27-55-49)20-24-46(43)61(45)40-16-8-3-9-17-40/h1-33H. The SMILES string of the molecule is c1ccc(-c2nc(-c3ccccc3)nc(-n3c4ccc(-c5ccc6c(c5)c5cc(-c7ncccn7)ccc5n6-c5ccccc5)cc4c4cc(-c5ncccn5)ccc43)n2)cc1. The van der Waals surface area contributed by atoms with Crippen LogP contribution in [0.1, 0.15) is 0 Å². The molecule has 0 saturated heterocycles. The largest absolute Gasteiger partial charge is 0.309 e. The van der Waals surface area contributed by atoms with Gasteiger partial charge >= 0.3 is 0 Å². The van der Waals surface area contributed by atoms with Gasteiger partial charge in [-0.1, -0.05) is 91.0 Å². The van der Waals surface area contributed by atoms with Crippen molar-refractivity contribution in [2.45, 2.75) is 0 Å². The highest BCUT2D eigenvalue weighted by Gasteiger charge is 2.21. The van der Waals surface area contributed by atoms with Crippen LogP contribution in [-0.2, 0) is 0 Å². The smallest absolute Gasteiger partial charge is 0.238 e. The number of nitrogens with zero attached hydrogens (tertiary/aromatic N) is 9. The van der Waals surface area contributed by atoms with Crippen molar-refractivity contribution in [1.82, 2.24) is 44.0 Å². The minimum absolute atomic E-state index is 0.530. The second kappa shape index (κ2) is 14.5. The Bertz CT molecular complexity index is 3550. The van der Waals surface area contributed by atoms with Crippen LogP contribution in [0.25, 0.3) is 112 Å². The fourth-order valence-corrected chi connectivity index (χ4v) is 8.55. The van der Waals surface area contributed by atoms with Crippen LogP contribution in [0.4, 0.5) is 0 Å². The normalized spacial score (nSPS) is 11.5. The maximum absolute atomic E-state index is 5.16. The van der Waals surface area contributed by atoms with Gasteiger partial charge in [0.15, 0.2) is 23.3 Å². The van der Waals surface area contributed by atoms with Gasteiger partial charge in [-0.25, -0.2) is 24.9 Å². The Morgan fingerprint density at radius 2 is 0.645 bits per heavy atom. The van der Waals surface area contributed by atoms with Crippen molar-refractivity contribution in [3.05, 3.63) is 201 Å². The molecule has 5 heterocycles. The van der Waals surface area contributed by atoms with Crippen LogP contribution in [-0.4, -0.2) is 44.0 Å². The number of benzene rings is 7. The van der Waals surface area contributed by atoms with Crippen molar-refractivity contribution in [3.8, 4) is 68.3 Å². The lowest BCUT2D eigenvalue weighted by Gasteiger charge is -2.11. The Kier molecular flexibility index (Phi) is 8.27. The van der Waals surface area contributed by atoms with E-state index in [0.717, 1.165) is 82.7 Å². The summed E-state index contributed by atoms with van der Waals surface area (Å²) >= 11 is 0. The van der Waals surface area contributed by atoms with Gasteiger partial charge in [-0.3, -0.25) is 4.57 Å². The molecule has 0 fully saturated rings. The van der Waals surface area contributed by atoms with E-state index in [9.17, 15) is 0 Å². The molecular formula is C53H33N9. The highest BCUT2D eigenvalue weighted by molar-refractivity contribution is 6.13. The molecule has 5 aromatic heterocycles. The quantitative estimate of drug-likeness (QED) is 0.158. The molecule has 0 aliphatic heterocycles. The third kappa shape index (κ3) is 5.98. The number of rotatable bonds is 7. The first-order valence-corrected chi connectivity index (χ1v) is 20.4. The van der Waals surface area contributed by atoms with E-state index in [1.165, 1.54) is 0 Å². The maximum Gasteiger partial charge on any atom is 0.238 e. The van der Waals surface area contributed by atoms with Crippen LogP contribution in [0, 0.1) is 0 Å². The maximum atomic E-state index is 5.16. The Balaban J connectivity index is 1.09. The minimum atomic E-state index is 0.530. The summed E-state index contributed by atoms with van der Waals surface area (Å²) in [5.41, 5.74) is 11.1. The highest BCUT2D eigenvalue weighted by atomic mass is 15.2. The third-order valence-corrected chi connectivity index (χ3v) is 11.4. The Morgan fingerprint density at radius 3 is 1.08 bits per heavy atom. The van der Waals surface area contributed by atoms with E-state index in [4.69, 9.17) is 15.0 Å². The van der Waals surface area contributed by atoms with Gasteiger partial charge in [-0.2, -0.15) is 9.97 Å². The highest BCUT2D eigenvalue weighted by Crippen LogP contribution is 2.40. The Hall–Kier alpha value is -8.69. The van der Waals surface area contributed by atoms with Gasteiger partial charge in [0.05, 0.1) is 22.1 Å². The van der Waals surface area contributed by atoms with Crippen molar-refractivity contribution < 1.29 is 0 Å². The second-order valence-electron chi connectivity index (χ2n) is 15.1. The topological polar surface area (TPSA) is 100 Å². The number of hydrogen-bond donors (Lipinski definition) is 0. The average Bonchev–Trinajstić information content (AvgIpc) is 3.86. The molecule has 12 aromatic rings. The first kappa shape index (κ1) is 35.3. The lowest BCUT2D eigenvalue weighted by Crippen LogP contribution is -2.06. The number of para-hydroxylation sites is 1. The molecule has 0 atom stereocenters. The van der Waals surface area contributed by atoms with Gasteiger partial charge in [0.2, 0.25) is 5.95 Å². The van der Waals surface area contributed by atoms with Crippen molar-refractivity contribution in [2.75, 3.05) is 0 Å². The number of aromatic nitrogens is 9. The lowest BCUT2D eigenvalue weighted by atomic mass is 9.99. The molecular weight excluding hydrogens is 763 g/mol. The van der Waals surface area contributed by atoms with Gasteiger partial charge in [0.25, 0.3) is 0 Å². The van der Waals surface area contributed by atoms with E-state index < -0.39 is 0 Å². The molecule has 9 heteroatoms.